The topological polar surface area (TPSA) is 41.6 Å². The number of hydrogen-bond acceptors (Lipinski definition) is 2. The lowest BCUT2D eigenvalue weighted by Crippen LogP contribution is -1.80. The molecular weight excluding hydrogens is 366 g/mol. The lowest BCUT2D eigenvalue weighted by atomic mass is 10.2. The molecule has 5 aromatic rings. The average Bonchev–Trinajstić information content (AvgIpc) is 3.26. The van der Waals surface area contributed by atoms with E-state index in [2.05, 4.69) is 39.2 Å². The van der Waals surface area contributed by atoms with Crippen LogP contribution in [0.1, 0.15) is 0 Å². The van der Waals surface area contributed by atoms with Crippen LogP contribution in [-0.4, -0.2) is 15.0 Å². The van der Waals surface area contributed by atoms with Crippen LogP contribution in [0.25, 0.3) is 33.5 Å². The molecule has 0 bridgehead atoms. The highest BCUT2D eigenvalue weighted by atomic mass is 35.5. The van der Waals surface area contributed by atoms with Crippen LogP contribution in [0.15, 0.2) is 109 Å². The summed E-state index contributed by atoms with van der Waals surface area (Å²) < 4.78 is 0. The molecule has 2 heterocycles. The zero-order chi connectivity index (χ0) is 18.3. The molecule has 5 rings (SSSR count). The molecule has 3 nitrogen and oxygen atoms in total. The van der Waals surface area contributed by atoms with Crippen LogP contribution in [0, 0.1) is 0 Å². The second-order valence-electron chi connectivity index (χ2n) is 6.06. The van der Waals surface area contributed by atoms with E-state index in [1.54, 1.807) is 0 Å². The molecule has 3 aromatic carbocycles. The Bertz CT molecular complexity index is 1000. The first-order valence-corrected chi connectivity index (χ1v) is 8.86. The number of nitrogens with one attached hydrogen (secondary N) is 1. The summed E-state index contributed by atoms with van der Waals surface area (Å²) in [4.78, 5) is 12.0. The zero-order valence-corrected chi connectivity index (χ0v) is 16.0. The van der Waals surface area contributed by atoms with Gasteiger partial charge in [-0.05, 0) is 12.1 Å². The lowest BCUT2D eigenvalue weighted by Gasteiger charge is -1.95. The Morgan fingerprint density at radius 3 is 1.93 bits per heavy atom. The number of hydrogen-bond donors (Lipinski definition) is 1. The van der Waals surface area contributed by atoms with Crippen LogP contribution in [0.3, 0.4) is 0 Å². The van der Waals surface area contributed by atoms with Crippen molar-refractivity contribution in [2.45, 2.75) is 0 Å². The summed E-state index contributed by atoms with van der Waals surface area (Å²) in [6.45, 7) is 0. The smallest absolute Gasteiger partial charge is 0.138 e. The van der Waals surface area contributed by atoms with Gasteiger partial charge in [-0.3, -0.25) is 4.98 Å². The first-order valence-electron chi connectivity index (χ1n) is 8.86. The second kappa shape index (κ2) is 9.49. The third-order valence-electron chi connectivity index (χ3n) is 4.21. The van der Waals surface area contributed by atoms with Gasteiger partial charge in [-0.25, -0.2) is 4.98 Å². The maximum atomic E-state index is 4.60. The minimum absolute atomic E-state index is 0. The fraction of sp³-hybridized carbons (Fsp3) is 0. The molecule has 0 amide bonds. The van der Waals surface area contributed by atoms with Crippen molar-refractivity contribution in [3.63, 3.8) is 0 Å². The standard InChI is InChI=1S/C15H12N2.C9H7N.ClH/c1-3-7-12(8-4-1)14-11-16-15(17-14)13-9-5-2-6-10-13;1-2-6-9-8(4-1)5-3-7-10-9;/h1-11H,(H,16,17);1-7H;1H. The third-order valence-corrected chi connectivity index (χ3v) is 4.21. The second-order valence-corrected chi connectivity index (χ2v) is 6.06. The summed E-state index contributed by atoms with van der Waals surface area (Å²) in [6.07, 6.45) is 3.75. The summed E-state index contributed by atoms with van der Waals surface area (Å²) in [5, 5.41) is 1.20. The van der Waals surface area contributed by atoms with E-state index in [-0.39, 0.29) is 12.4 Å². The molecule has 2 aromatic heterocycles. The highest BCUT2D eigenvalue weighted by molar-refractivity contribution is 5.85. The van der Waals surface area contributed by atoms with Gasteiger partial charge >= 0.3 is 0 Å². The molecule has 0 saturated carbocycles. The number of nitrogens with zero attached hydrogens (tertiary/aromatic N) is 2. The van der Waals surface area contributed by atoms with Gasteiger partial charge < -0.3 is 4.98 Å². The molecular formula is C24H20ClN3. The average molecular weight is 386 g/mol. The number of pyridine rings is 1. The van der Waals surface area contributed by atoms with Crippen molar-refractivity contribution in [2.24, 2.45) is 0 Å². The Hall–Kier alpha value is -3.43. The molecule has 138 valence electrons. The van der Waals surface area contributed by atoms with Gasteiger partial charge in [0.15, 0.2) is 0 Å². The number of aromatic amines is 1. The number of benzene rings is 3. The Morgan fingerprint density at radius 1 is 0.607 bits per heavy atom. The molecule has 0 spiro atoms. The molecule has 0 aliphatic carbocycles. The lowest BCUT2D eigenvalue weighted by molar-refractivity contribution is 1.31. The number of aromatic nitrogens is 3. The molecule has 0 aliphatic heterocycles. The van der Waals surface area contributed by atoms with E-state index in [4.69, 9.17) is 0 Å². The van der Waals surface area contributed by atoms with Crippen LogP contribution in [0.2, 0.25) is 0 Å². The van der Waals surface area contributed by atoms with Crippen LogP contribution < -0.4 is 0 Å². The van der Waals surface area contributed by atoms with Gasteiger partial charge in [-0.2, -0.15) is 0 Å². The van der Waals surface area contributed by atoms with Crippen molar-refractivity contribution in [3.05, 3.63) is 109 Å². The molecule has 4 heteroatoms. The Kier molecular flexibility index (Phi) is 6.55. The number of imidazole rings is 1. The van der Waals surface area contributed by atoms with Gasteiger partial charge in [0.25, 0.3) is 0 Å². The molecule has 0 aliphatic rings. The first-order chi connectivity index (χ1) is 13.4. The van der Waals surface area contributed by atoms with E-state index in [1.165, 1.54) is 5.39 Å². The predicted molar refractivity (Wildman–Crippen MR) is 118 cm³/mol. The summed E-state index contributed by atoms with van der Waals surface area (Å²) in [7, 11) is 0. The SMILES string of the molecule is Cl.c1ccc(-c2c[nH]c(-c3ccccc3)n2)cc1.c1ccc2ncccc2c1. The minimum Gasteiger partial charge on any atom is -0.344 e. The Labute approximate surface area is 170 Å². The molecule has 0 saturated heterocycles. The summed E-state index contributed by atoms with van der Waals surface area (Å²) in [5.41, 5.74) is 4.27. The van der Waals surface area contributed by atoms with Crippen molar-refractivity contribution < 1.29 is 0 Å². The van der Waals surface area contributed by atoms with E-state index in [0.29, 0.717) is 0 Å². The van der Waals surface area contributed by atoms with Crippen molar-refractivity contribution in [3.8, 4) is 22.6 Å². The van der Waals surface area contributed by atoms with E-state index < -0.39 is 0 Å². The zero-order valence-electron chi connectivity index (χ0n) is 15.2. The number of para-hydroxylation sites is 1. The summed E-state index contributed by atoms with van der Waals surface area (Å²) in [5.74, 6) is 0.907. The van der Waals surface area contributed by atoms with Gasteiger partial charge in [-0.15, -0.1) is 12.4 Å². The van der Waals surface area contributed by atoms with Crippen LogP contribution in [0.4, 0.5) is 0 Å². The van der Waals surface area contributed by atoms with E-state index in [0.717, 1.165) is 28.2 Å². The first kappa shape index (κ1) is 19.3. The number of rotatable bonds is 2. The van der Waals surface area contributed by atoms with Gasteiger partial charge in [0, 0.05) is 28.9 Å². The molecule has 0 atom stereocenters. The molecule has 0 radical (unpaired) electrons. The molecule has 28 heavy (non-hydrogen) atoms. The van der Waals surface area contributed by atoms with Gasteiger partial charge in [-0.1, -0.05) is 84.9 Å². The fourth-order valence-corrected chi connectivity index (χ4v) is 2.84. The van der Waals surface area contributed by atoms with Crippen LogP contribution in [0.5, 0.6) is 0 Å². The quantitative estimate of drug-likeness (QED) is 0.382. The summed E-state index contributed by atoms with van der Waals surface area (Å²) >= 11 is 0. The molecule has 0 fully saturated rings. The van der Waals surface area contributed by atoms with E-state index in [9.17, 15) is 0 Å². The van der Waals surface area contributed by atoms with Crippen LogP contribution >= 0.6 is 12.4 Å². The van der Waals surface area contributed by atoms with Gasteiger partial charge in [0.1, 0.15) is 5.82 Å². The largest absolute Gasteiger partial charge is 0.344 e. The number of halogens is 1. The van der Waals surface area contributed by atoms with Crippen molar-refractivity contribution in [1.82, 2.24) is 15.0 Å². The Morgan fingerprint density at radius 2 is 1.21 bits per heavy atom. The van der Waals surface area contributed by atoms with Gasteiger partial charge in [0.05, 0.1) is 11.2 Å². The normalized spacial score (nSPS) is 9.86. The van der Waals surface area contributed by atoms with Crippen molar-refractivity contribution in [1.29, 1.82) is 0 Å². The molecule has 0 unspecified atom stereocenters. The Balaban J connectivity index is 0.000000175. The highest BCUT2D eigenvalue weighted by Crippen LogP contribution is 2.21. The maximum Gasteiger partial charge on any atom is 0.138 e. The minimum atomic E-state index is 0. The highest BCUT2D eigenvalue weighted by Gasteiger charge is 2.04. The molecule has 1 N–H and O–H groups in total. The maximum absolute atomic E-state index is 4.60. The monoisotopic (exact) mass is 385 g/mol. The third kappa shape index (κ3) is 4.64. The van der Waals surface area contributed by atoms with Crippen molar-refractivity contribution in [2.75, 3.05) is 0 Å². The number of fused-ring (bicyclic) bond motifs is 1. The van der Waals surface area contributed by atoms with E-state index in [1.807, 2.05) is 85.2 Å². The van der Waals surface area contributed by atoms with E-state index >= 15 is 0 Å². The summed E-state index contributed by atoms with van der Waals surface area (Å²) in [6, 6.07) is 32.4. The van der Waals surface area contributed by atoms with Gasteiger partial charge in [0.2, 0.25) is 0 Å². The fourth-order valence-electron chi connectivity index (χ4n) is 2.84. The number of H-pyrrole nitrogens is 1. The van der Waals surface area contributed by atoms with Crippen LogP contribution in [-0.2, 0) is 0 Å². The predicted octanol–water partition coefficient (Wildman–Crippen LogP) is 6.40. The van der Waals surface area contributed by atoms with Crippen molar-refractivity contribution >= 4 is 23.3 Å².